The highest BCUT2D eigenvalue weighted by Gasteiger charge is 2.20. The summed E-state index contributed by atoms with van der Waals surface area (Å²) in [7, 11) is 0. The lowest BCUT2D eigenvalue weighted by Crippen LogP contribution is -2.45. The lowest BCUT2D eigenvalue weighted by atomic mass is 10.1. The van der Waals surface area contributed by atoms with E-state index in [9.17, 15) is 14.4 Å². The Balaban J connectivity index is 4.07. The Hall–Kier alpha value is -1.79. The van der Waals surface area contributed by atoms with Gasteiger partial charge in [0.1, 0.15) is 6.04 Å². The van der Waals surface area contributed by atoms with E-state index in [0.29, 0.717) is 6.42 Å². The van der Waals surface area contributed by atoms with Crippen LogP contribution in [0.5, 0.6) is 0 Å². The number of rotatable bonds is 7. The Bertz CT molecular complexity index is 267. The van der Waals surface area contributed by atoms with Crippen LogP contribution >= 0.6 is 0 Å². The van der Waals surface area contributed by atoms with E-state index in [0.717, 1.165) is 0 Å². The first-order valence-electron chi connectivity index (χ1n) is 4.80. The van der Waals surface area contributed by atoms with Crippen LogP contribution in [0.25, 0.3) is 0 Å². The Morgan fingerprint density at radius 1 is 1.31 bits per heavy atom. The van der Waals surface area contributed by atoms with Gasteiger partial charge in [-0.15, -0.1) is 0 Å². The lowest BCUT2D eigenvalue weighted by Gasteiger charge is -2.13. The maximum Gasteiger partial charge on any atom is 0.326 e. The third kappa shape index (κ3) is 6.63. The third-order valence-corrected chi connectivity index (χ3v) is 1.69. The zero-order valence-corrected chi connectivity index (χ0v) is 8.90. The van der Waals surface area contributed by atoms with Crippen molar-refractivity contribution in [1.29, 1.82) is 0 Å². The van der Waals surface area contributed by atoms with E-state index in [4.69, 9.17) is 10.2 Å². The standard InChI is InChI=1S/C9H15N2O5/c1-2-5-10-9(16)11-6(8(14)15)3-4-7(12)13/h5-6H,2-4H2,1H3,(H,12,13)(H,14,15)(H2,10,11,16)/t6-/m0/s1. The summed E-state index contributed by atoms with van der Waals surface area (Å²) >= 11 is 0. The molecule has 0 aromatic rings. The van der Waals surface area contributed by atoms with Gasteiger partial charge in [0.15, 0.2) is 0 Å². The van der Waals surface area contributed by atoms with Gasteiger partial charge in [0, 0.05) is 6.42 Å². The van der Waals surface area contributed by atoms with Crippen molar-refractivity contribution in [1.82, 2.24) is 10.6 Å². The molecular formula is C9H15N2O5. The molecule has 0 spiro atoms. The highest BCUT2D eigenvalue weighted by atomic mass is 16.4. The fraction of sp³-hybridized carbons (Fsp3) is 0.556. The topological polar surface area (TPSA) is 116 Å². The van der Waals surface area contributed by atoms with Gasteiger partial charge in [0.25, 0.3) is 0 Å². The van der Waals surface area contributed by atoms with E-state index in [1.165, 1.54) is 6.54 Å². The molecule has 0 aliphatic rings. The lowest BCUT2D eigenvalue weighted by molar-refractivity contribution is -0.140. The average Bonchev–Trinajstić information content (AvgIpc) is 2.20. The summed E-state index contributed by atoms with van der Waals surface area (Å²) in [6.07, 6.45) is 0.152. The Morgan fingerprint density at radius 3 is 2.38 bits per heavy atom. The van der Waals surface area contributed by atoms with Gasteiger partial charge in [-0.05, 0) is 12.8 Å². The second-order valence-corrected chi connectivity index (χ2v) is 3.05. The quantitative estimate of drug-likeness (QED) is 0.498. The molecule has 0 aliphatic carbocycles. The summed E-state index contributed by atoms with van der Waals surface area (Å²) < 4.78 is 0. The summed E-state index contributed by atoms with van der Waals surface area (Å²) in [5, 5.41) is 21.6. The van der Waals surface area contributed by atoms with Crippen molar-refractivity contribution in [2.45, 2.75) is 32.2 Å². The zero-order chi connectivity index (χ0) is 12.6. The highest BCUT2D eigenvalue weighted by Crippen LogP contribution is 1.98. The van der Waals surface area contributed by atoms with Crippen LogP contribution in [0, 0.1) is 6.54 Å². The van der Waals surface area contributed by atoms with Crippen LogP contribution in [0.15, 0.2) is 0 Å². The second kappa shape index (κ2) is 7.49. The van der Waals surface area contributed by atoms with E-state index in [1.54, 1.807) is 6.92 Å². The molecule has 0 saturated heterocycles. The van der Waals surface area contributed by atoms with Crippen LogP contribution in [0.4, 0.5) is 4.79 Å². The molecule has 1 atom stereocenters. The first-order valence-corrected chi connectivity index (χ1v) is 4.80. The third-order valence-electron chi connectivity index (χ3n) is 1.69. The Labute approximate surface area is 92.8 Å². The van der Waals surface area contributed by atoms with Crippen LogP contribution in [0.1, 0.15) is 26.2 Å². The van der Waals surface area contributed by atoms with Crippen molar-refractivity contribution in [3.63, 3.8) is 0 Å². The van der Waals surface area contributed by atoms with Gasteiger partial charge in [-0.25, -0.2) is 9.59 Å². The number of carboxylic acid groups (broad SMARTS) is 2. The molecule has 0 fully saturated rings. The monoisotopic (exact) mass is 231 g/mol. The fourth-order valence-corrected chi connectivity index (χ4v) is 0.920. The van der Waals surface area contributed by atoms with Gasteiger partial charge in [0.2, 0.25) is 0 Å². The molecule has 0 aliphatic heterocycles. The van der Waals surface area contributed by atoms with Crippen molar-refractivity contribution in [2.24, 2.45) is 0 Å². The van der Waals surface area contributed by atoms with Crippen molar-refractivity contribution >= 4 is 18.0 Å². The van der Waals surface area contributed by atoms with Crippen LogP contribution in [0.2, 0.25) is 0 Å². The molecule has 91 valence electrons. The van der Waals surface area contributed by atoms with Crippen LogP contribution in [-0.4, -0.2) is 34.2 Å². The molecule has 2 amide bonds. The molecule has 0 saturated carbocycles. The minimum Gasteiger partial charge on any atom is -0.481 e. The molecule has 4 N–H and O–H groups in total. The Kier molecular flexibility index (Phi) is 6.66. The molecule has 16 heavy (non-hydrogen) atoms. The summed E-state index contributed by atoms with van der Waals surface area (Å²) in [6, 6.07) is -1.85. The van der Waals surface area contributed by atoms with E-state index < -0.39 is 24.0 Å². The van der Waals surface area contributed by atoms with Gasteiger partial charge in [-0.1, -0.05) is 6.92 Å². The number of carboxylic acids is 2. The first-order chi connectivity index (χ1) is 7.47. The number of carbonyl (C=O) groups excluding carboxylic acids is 1. The summed E-state index contributed by atoms with van der Waals surface area (Å²) in [5.74, 6) is -2.36. The first kappa shape index (κ1) is 14.2. The predicted molar refractivity (Wildman–Crippen MR) is 54.6 cm³/mol. The molecule has 0 unspecified atom stereocenters. The van der Waals surface area contributed by atoms with Crippen molar-refractivity contribution in [2.75, 3.05) is 0 Å². The maximum atomic E-state index is 11.1. The molecule has 0 aromatic carbocycles. The van der Waals surface area contributed by atoms with E-state index in [-0.39, 0.29) is 12.8 Å². The summed E-state index contributed by atoms with van der Waals surface area (Å²) in [4.78, 5) is 32.0. The maximum absolute atomic E-state index is 11.1. The van der Waals surface area contributed by atoms with Crippen molar-refractivity contribution < 1.29 is 24.6 Å². The van der Waals surface area contributed by atoms with Crippen LogP contribution in [0.3, 0.4) is 0 Å². The number of amides is 2. The van der Waals surface area contributed by atoms with Gasteiger partial charge in [0.05, 0.1) is 6.54 Å². The fourth-order valence-electron chi connectivity index (χ4n) is 0.920. The molecule has 0 bridgehead atoms. The summed E-state index contributed by atoms with van der Waals surface area (Å²) in [5.41, 5.74) is 0. The Morgan fingerprint density at radius 2 is 1.94 bits per heavy atom. The molecule has 7 heteroatoms. The zero-order valence-electron chi connectivity index (χ0n) is 8.90. The van der Waals surface area contributed by atoms with Gasteiger partial charge < -0.3 is 20.8 Å². The molecule has 7 nitrogen and oxygen atoms in total. The van der Waals surface area contributed by atoms with Gasteiger partial charge >= 0.3 is 18.0 Å². The molecule has 1 radical (unpaired) electrons. The molecule has 0 rings (SSSR count). The number of carbonyl (C=O) groups is 3. The van der Waals surface area contributed by atoms with Crippen molar-refractivity contribution in [3.05, 3.63) is 6.54 Å². The highest BCUT2D eigenvalue weighted by molar-refractivity contribution is 5.83. The van der Waals surface area contributed by atoms with E-state index in [1.807, 2.05) is 0 Å². The average molecular weight is 231 g/mol. The van der Waals surface area contributed by atoms with Gasteiger partial charge in [-0.3, -0.25) is 4.79 Å². The van der Waals surface area contributed by atoms with Crippen LogP contribution in [-0.2, 0) is 9.59 Å². The largest absolute Gasteiger partial charge is 0.481 e. The normalized spacial score (nSPS) is 11.6. The SMILES string of the molecule is CC[CH]NC(=O)N[C@@H](CCC(=O)O)C(=O)O. The van der Waals surface area contributed by atoms with Crippen LogP contribution < -0.4 is 10.6 Å². The molecule has 0 heterocycles. The van der Waals surface area contributed by atoms with E-state index in [2.05, 4.69) is 10.6 Å². The number of urea groups is 1. The smallest absolute Gasteiger partial charge is 0.326 e. The molecular weight excluding hydrogens is 216 g/mol. The number of hydrogen-bond donors (Lipinski definition) is 4. The minimum absolute atomic E-state index is 0.149. The molecule has 0 aromatic heterocycles. The number of nitrogens with one attached hydrogen (secondary N) is 2. The van der Waals surface area contributed by atoms with Crippen molar-refractivity contribution in [3.8, 4) is 0 Å². The summed E-state index contributed by atoms with van der Waals surface area (Å²) in [6.45, 7) is 3.27. The minimum atomic E-state index is -1.26. The number of hydrogen-bond acceptors (Lipinski definition) is 3. The second-order valence-electron chi connectivity index (χ2n) is 3.05. The van der Waals surface area contributed by atoms with Gasteiger partial charge in [-0.2, -0.15) is 0 Å². The predicted octanol–water partition coefficient (Wildman–Crippen LogP) is 0.175. The number of aliphatic carboxylic acids is 2. The van der Waals surface area contributed by atoms with E-state index >= 15 is 0 Å².